The molecule has 2 fully saturated rings. The maximum atomic E-state index is 13.8. The van der Waals surface area contributed by atoms with Gasteiger partial charge in [-0.25, -0.2) is 0 Å². The number of hydrogen-bond donors (Lipinski definition) is 1. The molecule has 0 aromatic carbocycles. The highest BCUT2D eigenvalue weighted by molar-refractivity contribution is 8.02. The minimum Gasteiger partial charge on any atom is -0.396 e. The molecule has 3 amide bonds. The maximum absolute atomic E-state index is 13.8. The van der Waals surface area contributed by atoms with Gasteiger partial charge in [0.25, 0.3) is 0 Å². The Bertz CT molecular complexity index is 830. The lowest BCUT2D eigenvalue weighted by Crippen LogP contribution is -2.53. The Hall–Kier alpha value is -1.80. The van der Waals surface area contributed by atoms with E-state index in [0.717, 1.165) is 12.8 Å². The zero-order valence-corrected chi connectivity index (χ0v) is 19.4. The molecule has 1 spiro atoms. The van der Waals surface area contributed by atoms with E-state index in [-0.39, 0.29) is 24.3 Å². The fourth-order valence-electron chi connectivity index (χ4n) is 5.72. The Kier molecular flexibility index (Phi) is 5.98. The monoisotopic (exact) mass is 447 g/mol. The number of amides is 3. The predicted octanol–water partition coefficient (Wildman–Crippen LogP) is 1.28. The standard InChI is InChI=1S/C23H33N3O4S/c1-4-5-12-25-13-7-10-23-17(20(29)26(14-8-15-27)18(23)21(25)30)16-19(28)24(3)11-6-9-22(16,2)31-23/h6-7,9-10,16-18,27H,4-5,8,11-15H2,1-3H3/t16-,17+,18?,22+,23+/m1/s1. The molecule has 1 N–H and O–H groups in total. The number of nitrogens with zero attached hydrogens (tertiary/aromatic N) is 3. The molecule has 4 aliphatic heterocycles. The first-order chi connectivity index (χ1) is 14.8. The van der Waals surface area contributed by atoms with Gasteiger partial charge in [-0.2, -0.15) is 0 Å². The number of carbonyl (C=O) groups is 3. The van der Waals surface area contributed by atoms with Crippen molar-refractivity contribution in [3.63, 3.8) is 0 Å². The van der Waals surface area contributed by atoms with E-state index < -0.39 is 27.4 Å². The Labute approximate surface area is 188 Å². The molecule has 1 unspecified atom stereocenters. The van der Waals surface area contributed by atoms with Crippen molar-refractivity contribution < 1.29 is 19.5 Å². The van der Waals surface area contributed by atoms with Crippen LogP contribution in [0.3, 0.4) is 0 Å². The summed E-state index contributed by atoms with van der Waals surface area (Å²) in [5.74, 6) is -1.31. The van der Waals surface area contributed by atoms with Crippen molar-refractivity contribution in [2.24, 2.45) is 11.8 Å². The van der Waals surface area contributed by atoms with Gasteiger partial charge in [-0.15, -0.1) is 11.8 Å². The summed E-state index contributed by atoms with van der Waals surface area (Å²) in [6.45, 7) is 6.11. The summed E-state index contributed by atoms with van der Waals surface area (Å²) in [4.78, 5) is 46.3. The largest absolute Gasteiger partial charge is 0.396 e. The van der Waals surface area contributed by atoms with Crippen LogP contribution in [0.4, 0.5) is 0 Å². The molecule has 0 aromatic heterocycles. The number of rotatable bonds is 6. The van der Waals surface area contributed by atoms with E-state index in [9.17, 15) is 19.5 Å². The summed E-state index contributed by atoms with van der Waals surface area (Å²) in [6, 6.07) is -0.646. The first-order valence-corrected chi connectivity index (χ1v) is 12.1. The Morgan fingerprint density at radius 2 is 1.77 bits per heavy atom. The van der Waals surface area contributed by atoms with Crippen molar-refractivity contribution in [1.82, 2.24) is 14.7 Å². The van der Waals surface area contributed by atoms with Crippen LogP contribution in [-0.2, 0) is 14.4 Å². The van der Waals surface area contributed by atoms with Gasteiger partial charge in [-0.3, -0.25) is 14.4 Å². The van der Waals surface area contributed by atoms with E-state index in [1.54, 1.807) is 28.6 Å². The molecule has 0 saturated carbocycles. The van der Waals surface area contributed by atoms with E-state index in [4.69, 9.17) is 0 Å². The first-order valence-electron chi connectivity index (χ1n) is 11.3. The number of likely N-dealkylation sites (N-methyl/N-ethyl adjacent to an activating group) is 1. The zero-order valence-electron chi connectivity index (χ0n) is 18.6. The van der Waals surface area contributed by atoms with E-state index in [1.165, 1.54) is 0 Å². The number of carbonyl (C=O) groups excluding carboxylic acids is 3. The molecule has 0 aromatic rings. The van der Waals surface area contributed by atoms with Crippen molar-refractivity contribution in [2.45, 2.75) is 48.6 Å². The van der Waals surface area contributed by atoms with Crippen LogP contribution in [0.1, 0.15) is 33.1 Å². The number of likely N-dealkylation sites (tertiary alicyclic amines) is 1. The first kappa shape index (κ1) is 22.4. The second kappa shape index (κ2) is 8.28. The normalized spacial score (nSPS) is 37.1. The van der Waals surface area contributed by atoms with Gasteiger partial charge in [0.1, 0.15) is 6.04 Å². The van der Waals surface area contributed by atoms with Crippen LogP contribution in [0.15, 0.2) is 24.3 Å². The van der Waals surface area contributed by atoms with E-state index in [0.29, 0.717) is 32.6 Å². The quantitative estimate of drug-likeness (QED) is 0.621. The SMILES string of the molecule is CCCCN1CC=C[C@]23S[C@@]4(C)C=CCN(C)C(=O)[C@H]4[C@H]2C(=O)N(CCCO)C3C1=O. The third kappa shape index (κ3) is 3.33. The molecule has 8 heteroatoms. The summed E-state index contributed by atoms with van der Waals surface area (Å²) in [5, 5.41) is 9.42. The van der Waals surface area contributed by atoms with E-state index in [1.807, 2.05) is 24.0 Å². The van der Waals surface area contributed by atoms with Crippen LogP contribution in [-0.4, -0.2) is 92.9 Å². The van der Waals surface area contributed by atoms with Crippen LogP contribution in [0, 0.1) is 11.8 Å². The highest BCUT2D eigenvalue weighted by Crippen LogP contribution is 2.65. The number of unbranched alkanes of at least 4 members (excludes halogenated alkanes) is 1. The average molecular weight is 448 g/mol. The van der Waals surface area contributed by atoms with Crippen LogP contribution in [0.2, 0.25) is 0 Å². The summed E-state index contributed by atoms with van der Waals surface area (Å²) in [6.07, 6.45) is 10.4. The van der Waals surface area contributed by atoms with Crippen molar-refractivity contribution in [3.05, 3.63) is 24.3 Å². The van der Waals surface area contributed by atoms with E-state index >= 15 is 0 Å². The third-order valence-electron chi connectivity index (χ3n) is 7.18. The topological polar surface area (TPSA) is 81.2 Å². The van der Waals surface area contributed by atoms with Gasteiger partial charge in [0.2, 0.25) is 17.7 Å². The van der Waals surface area contributed by atoms with Crippen LogP contribution in [0.25, 0.3) is 0 Å². The molecule has 0 aliphatic carbocycles. The van der Waals surface area contributed by atoms with Crippen molar-refractivity contribution >= 4 is 29.5 Å². The van der Waals surface area contributed by atoms with Crippen molar-refractivity contribution in [3.8, 4) is 0 Å². The van der Waals surface area contributed by atoms with Crippen LogP contribution in [0.5, 0.6) is 0 Å². The number of hydrogen-bond acceptors (Lipinski definition) is 5. The second-order valence-electron chi connectivity index (χ2n) is 9.27. The molecular formula is C23H33N3O4S. The van der Waals surface area contributed by atoms with Crippen LogP contribution < -0.4 is 0 Å². The zero-order chi connectivity index (χ0) is 22.4. The molecule has 4 aliphatic rings. The number of thioether (sulfide) groups is 1. The third-order valence-corrected chi connectivity index (χ3v) is 8.98. The molecule has 4 rings (SSSR count). The highest BCUT2D eigenvalue weighted by Gasteiger charge is 2.73. The van der Waals surface area contributed by atoms with Crippen molar-refractivity contribution in [1.29, 1.82) is 0 Å². The molecule has 0 radical (unpaired) electrons. The Morgan fingerprint density at radius 3 is 2.48 bits per heavy atom. The predicted molar refractivity (Wildman–Crippen MR) is 120 cm³/mol. The summed E-state index contributed by atoms with van der Waals surface area (Å²) < 4.78 is -1.32. The summed E-state index contributed by atoms with van der Waals surface area (Å²) >= 11 is 1.61. The van der Waals surface area contributed by atoms with Crippen LogP contribution >= 0.6 is 11.8 Å². The average Bonchev–Trinajstić information content (AvgIpc) is 3.01. The molecule has 5 atom stereocenters. The Balaban J connectivity index is 1.82. The minimum atomic E-state index is -0.776. The van der Waals surface area contributed by atoms with Gasteiger partial charge < -0.3 is 19.8 Å². The Morgan fingerprint density at radius 1 is 1.03 bits per heavy atom. The lowest BCUT2D eigenvalue weighted by Gasteiger charge is -2.36. The molecule has 2 saturated heterocycles. The molecule has 7 nitrogen and oxygen atoms in total. The molecular weight excluding hydrogens is 414 g/mol. The molecule has 170 valence electrons. The lowest BCUT2D eigenvalue weighted by atomic mass is 9.74. The van der Waals surface area contributed by atoms with Gasteiger partial charge >= 0.3 is 0 Å². The highest BCUT2D eigenvalue weighted by atomic mass is 32.2. The summed E-state index contributed by atoms with van der Waals surface area (Å²) in [5.41, 5.74) is 0. The van der Waals surface area contributed by atoms with Gasteiger partial charge in [-0.1, -0.05) is 37.6 Å². The fourth-order valence-corrected chi connectivity index (χ4v) is 7.88. The number of aliphatic hydroxyl groups excluding tert-OH is 1. The minimum absolute atomic E-state index is 0.0362. The maximum Gasteiger partial charge on any atom is 0.247 e. The van der Waals surface area contributed by atoms with E-state index in [2.05, 4.69) is 19.1 Å². The number of aliphatic hydroxyl groups is 1. The van der Waals surface area contributed by atoms with Gasteiger partial charge in [0.15, 0.2) is 0 Å². The lowest BCUT2D eigenvalue weighted by molar-refractivity contribution is -0.144. The molecule has 4 heterocycles. The second-order valence-corrected chi connectivity index (χ2v) is 11.1. The van der Waals surface area contributed by atoms with Crippen molar-refractivity contribution in [2.75, 3.05) is 39.8 Å². The van der Waals surface area contributed by atoms with Gasteiger partial charge in [0, 0.05) is 44.6 Å². The molecule has 0 bridgehead atoms. The molecule has 31 heavy (non-hydrogen) atoms. The summed E-state index contributed by atoms with van der Waals surface area (Å²) in [7, 11) is 1.77. The smallest absolute Gasteiger partial charge is 0.247 e. The van der Waals surface area contributed by atoms with Gasteiger partial charge in [-0.05, 0) is 19.8 Å². The number of fused-ring (bicyclic) bond motifs is 2. The van der Waals surface area contributed by atoms with Gasteiger partial charge in [0.05, 0.1) is 16.6 Å². The fraction of sp³-hybridized carbons (Fsp3) is 0.696.